The molecule has 0 aromatic heterocycles. The second-order valence-electron chi connectivity index (χ2n) is 5.40. The van der Waals surface area contributed by atoms with Gasteiger partial charge in [-0.15, -0.1) is 0 Å². The second kappa shape index (κ2) is 6.73. The van der Waals surface area contributed by atoms with Gasteiger partial charge in [0, 0.05) is 12.8 Å². The van der Waals surface area contributed by atoms with E-state index in [2.05, 4.69) is 5.10 Å². The highest BCUT2D eigenvalue weighted by Crippen LogP contribution is 2.34. The Kier molecular flexibility index (Phi) is 4.69. The molecule has 1 unspecified atom stereocenters. The van der Waals surface area contributed by atoms with Crippen molar-refractivity contribution in [3.63, 3.8) is 0 Å². The van der Waals surface area contributed by atoms with Gasteiger partial charge in [0.15, 0.2) is 0 Å². The summed E-state index contributed by atoms with van der Waals surface area (Å²) in [5, 5.41) is 7.15. The first-order valence-electron chi connectivity index (χ1n) is 7.50. The Labute approximate surface area is 145 Å². The molecule has 0 bridgehead atoms. The molecule has 0 spiro atoms. The third-order valence-electron chi connectivity index (χ3n) is 3.91. The normalized spacial score (nSPS) is 17.3. The van der Waals surface area contributed by atoms with E-state index in [4.69, 9.17) is 23.2 Å². The summed E-state index contributed by atoms with van der Waals surface area (Å²) in [5.74, 6) is 0.00825. The lowest BCUT2D eigenvalue weighted by Gasteiger charge is -2.21. The molecule has 2 aromatic rings. The Hall–Kier alpha value is -1.84. The molecule has 0 saturated heterocycles. The van der Waals surface area contributed by atoms with Crippen molar-refractivity contribution in [3.8, 4) is 0 Å². The van der Waals surface area contributed by atoms with Gasteiger partial charge >= 0.3 is 0 Å². The number of amides is 1. The van der Waals surface area contributed by atoms with Crippen LogP contribution in [0.5, 0.6) is 0 Å². The first-order chi connectivity index (χ1) is 11.1. The third kappa shape index (κ3) is 3.26. The number of hydrazone groups is 1. The summed E-state index contributed by atoms with van der Waals surface area (Å²) in [4.78, 5) is 12.3. The second-order valence-corrected chi connectivity index (χ2v) is 6.21. The van der Waals surface area contributed by atoms with Crippen LogP contribution in [0.1, 0.15) is 36.9 Å². The summed E-state index contributed by atoms with van der Waals surface area (Å²) in [6.45, 7) is 1.84. The van der Waals surface area contributed by atoms with Crippen molar-refractivity contribution < 1.29 is 4.79 Å². The highest BCUT2D eigenvalue weighted by atomic mass is 35.5. The van der Waals surface area contributed by atoms with E-state index in [1.165, 1.54) is 0 Å². The van der Waals surface area contributed by atoms with Crippen LogP contribution in [-0.4, -0.2) is 16.6 Å². The van der Waals surface area contributed by atoms with Gasteiger partial charge in [-0.05, 0) is 23.3 Å². The SMILES string of the molecule is CCC(=O)N1N=C(c2ccc(Cl)c(Cl)c2)CC1c1ccccc1. The summed E-state index contributed by atoms with van der Waals surface area (Å²) in [6.07, 6.45) is 1.08. The fraction of sp³-hybridized carbons (Fsp3) is 0.222. The summed E-state index contributed by atoms with van der Waals surface area (Å²) in [7, 11) is 0. The minimum atomic E-state index is -0.0758. The van der Waals surface area contributed by atoms with Crippen molar-refractivity contribution in [1.29, 1.82) is 0 Å². The van der Waals surface area contributed by atoms with Gasteiger partial charge in [-0.25, -0.2) is 5.01 Å². The zero-order valence-corrected chi connectivity index (χ0v) is 14.2. The first kappa shape index (κ1) is 16.0. The molecular weight excluding hydrogens is 331 g/mol. The lowest BCUT2D eigenvalue weighted by Crippen LogP contribution is -2.26. The molecule has 0 radical (unpaired) electrons. The van der Waals surface area contributed by atoms with Gasteiger partial charge in [0.05, 0.1) is 21.8 Å². The number of halogens is 2. The van der Waals surface area contributed by atoms with Crippen molar-refractivity contribution in [2.24, 2.45) is 5.10 Å². The van der Waals surface area contributed by atoms with E-state index < -0.39 is 0 Å². The zero-order valence-electron chi connectivity index (χ0n) is 12.7. The Balaban J connectivity index is 1.96. The van der Waals surface area contributed by atoms with Crippen LogP contribution in [0.3, 0.4) is 0 Å². The molecule has 1 aliphatic heterocycles. The van der Waals surface area contributed by atoms with Gasteiger partial charge in [-0.1, -0.05) is 66.5 Å². The molecule has 1 amide bonds. The van der Waals surface area contributed by atoms with E-state index in [1.54, 1.807) is 17.1 Å². The fourth-order valence-electron chi connectivity index (χ4n) is 2.69. The number of nitrogens with zero attached hydrogens (tertiary/aromatic N) is 2. The van der Waals surface area contributed by atoms with Crippen LogP contribution in [0, 0.1) is 0 Å². The molecule has 5 heteroatoms. The first-order valence-corrected chi connectivity index (χ1v) is 8.25. The Bertz CT molecular complexity index is 759. The summed E-state index contributed by atoms with van der Waals surface area (Å²) in [6, 6.07) is 15.3. The number of benzene rings is 2. The average Bonchev–Trinajstić information content (AvgIpc) is 3.03. The largest absolute Gasteiger partial charge is 0.273 e. The Morgan fingerprint density at radius 1 is 1.17 bits per heavy atom. The van der Waals surface area contributed by atoms with Crippen molar-refractivity contribution in [2.45, 2.75) is 25.8 Å². The highest BCUT2D eigenvalue weighted by molar-refractivity contribution is 6.42. The predicted molar refractivity (Wildman–Crippen MR) is 93.9 cm³/mol. The maximum Gasteiger partial charge on any atom is 0.242 e. The lowest BCUT2D eigenvalue weighted by molar-refractivity contribution is -0.132. The molecule has 0 fully saturated rings. The molecule has 0 saturated carbocycles. The number of carbonyl (C=O) groups is 1. The van der Waals surface area contributed by atoms with Crippen LogP contribution in [0.2, 0.25) is 10.0 Å². The molecule has 3 rings (SSSR count). The smallest absolute Gasteiger partial charge is 0.242 e. The summed E-state index contributed by atoms with van der Waals surface area (Å²) < 4.78 is 0. The summed E-state index contributed by atoms with van der Waals surface area (Å²) >= 11 is 12.1. The van der Waals surface area contributed by atoms with Crippen LogP contribution in [0.25, 0.3) is 0 Å². The van der Waals surface area contributed by atoms with Crippen molar-refractivity contribution in [2.75, 3.05) is 0 Å². The molecule has 23 heavy (non-hydrogen) atoms. The number of rotatable bonds is 3. The minimum absolute atomic E-state index is 0.00825. The van der Waals surface area contributed by atoms with Crippen molar-refractivity contribution in [1.82, 2.24) is 5.01 Å². The highest BCUT2D eigenvalue weighted by Gasteiger charge is 2.32. The van der Waals surface area contributed by atoms with Crippen LogP contribution >= 0.6 is 23.2 Å². The number of hydrogen-bond acceptors (Lipinski definition) is 2. The van der Waals surface area contributed by atoms with Crippen LogP contribution in [0.15, 0.2) is 53.6 Å². The third-order valence-corrected chi connectivity index (χ3v) is 4.64. The van der Waals surface area contributed by atoms with E-state index in [0.717, 1.165) is 16.8 Å². The quantitative estimate of drug-likeness (QED) is 0.762. The molecule has 3 nitrogen and oxygen atoms in total. The zero-order chi connectivity index (χ0) is 16.4. The predicted octanol–water partition coefficient (Wildman–Crippen LogP) is 5.08. The molecule has 1 aliphatic rings. The molecule has 1 heterocycles. The Morgan fingerprint density at radius 3 is 2.57 bits per heavy atom. The number of hydrogen-bond donors (Lipinski definition) is 0. The monoisotopic (exact) mass is 346 g/mol. The minimum Gasteiger partial charge on any atom is -0.273 e. The van der Waals surface area contributed by atoms with E-state index in [-0.39, 0.29) is 11.9 Å². The Morgan fingerprint density at radius 2 is 1.91 bits per heavy atom. The van der Waals surface area contributed by atoms with Gasteiger partial charge in [0.2, 0.25) is 5.91 Å². The molecule has 1 atom stereocenters. The maximum absolute atomic E-state index is 12.3. The van der Waals surface area contributed by atoms with Gasteiger partial charge in [-0.2, -0.15) is 5.10 Å². The molecule has 0 aliphatic carbocycles. The van der Waals surface area contributed by atoms with E-state index in [0.29, 0.717) is 22.9 Å². The van der Waals surface area contributed by atoms with E-state index >= 15 is 0 Å². The van der Waals surface area contributed by atoms with Crippen molar-refractivity contribution in [3.05, 3.63) is 69.7 Å². The molecule has 118 valence electrons. The topological polar surface area (TPSA) is 32.7 Å². The standard InChI is InChI=1S/C18H16Cl2N2O/c1-2-18(23)22-17(12-6-4-3-5-7-12)11-16(21-22)13-8-9-14(19)15(20)10-13/h3-10,17H,2,11H2,1H3. The van der Waals surface area contributed by atoms with Crippen LogP contribution in [0.4, 0.5) is 0 Å². The van der Waals surface area contributed by atoms with Crippen LogP contribution < -0.4 is 0 Å². The van der Waals surface area contributed by atoms with E-state index in [1.807, 2.05) is 43.3 Å². The molecular formula is C18H16Cl2N2O. The summed E-state index contributed by atoms with van der Waals surface area (Å²) in [5.41, 5.74) is 2.82. The van der Waals surface area contributed by atoms with Gasteiger partial charge in [0.25, 0.3) is 0 Å². The van der Waals surface area contributed by atoms with E-state index in [9.17, 15) is 4.79 Å². The average molecular weight is 347 g/mol. The van der Waals surface area contributed by atoms with Crippen molar-refractivity contribution >= 4 is 34.8 Å². The maximum atomic E-state index is 12.3. The van der Waals surface area contributed by atoms with Crippen LogP contribution in [-0.2, 0) is 4.79 Å². The van der Waals surface area contributed by atoms with Gasteiger partial charge < -0.3 is 0 Å². The molecule has 0 N–H and O–H groups in total. The fourth-order valence-corrected chi connectivity index (χ4v) is 2.99. The molecule has 2 aromatic carbocycles. The lowest BCUT2D eigenvalue weighted by atomic mass is 9.98. The number of carbonyl (C=O) groups excluding carboxylic acids is 1. The van der Waals surface area contributed by atoms with Gasteiger partial charge in [-0.3, -0.25) is 4.79 Å². The van der Waals surface area contributed by atoms with Gasteiger partial charge in [0.1, 0.15) is 0 Å².